The molecule has 1 atom stereocenters. The summed E-state index contributed by atoms with van der Waals surface area (Å²) in [5, 5.41) is 2.63. The Labute approximate surface area is 138 Å². The second-order valence-corrected chi connectivity index (χ2v) is 5.18. The monoisotopic (exact) mass is 336 g/mol. The minimum atomic E-state index is -2.84. The lowest BCUT2D eigenvalue weighted by atomic mass is 10.2. The van der Waals surface area contributed by atoms with Crippen molar-refractivity contribution >= 4 is 11.9 Å². The Morgan fingerprint density at radius 3 is 2.46 bits per heavy atom. The highest BCUT2D eigenvalue weighted by Gasteiger charge is 2.19. The zero-order chi connectivity index (χ0) is 17.5. The maximum Gasteiger partial charge on any atom is 0.387 e. The highest BCUT2D eigenvalue weighted by atomic mass is 19.3. The number of benzene rings is 1. The summed E-state index contributed by atoms with van der Waals surface area (Å²) < 4.78 is 28.5. The number of aromatic nitrogens is 2. The predicted octanol–water partition coefficient (Wildman–Crippen LogP) is 2.54. The summed E-state index contributed by atoms with van der Waals surface area (Å²) in [7, 11) is 1.79. The third kappa shape index (κ3) is 5.24. The first-order valence-corrected chi connectivity index (χ1v) is 7.27. The van der Waals surface area contributed by atoms with E-state index in [0.29, 0.717) is 6.54 Å². The van der Waals surface area contributed by atoms with Gasteiger partial charge in [0.1, 0.15) is 5.75 Å². The number of alkyl halides is 2. The van der Waals surface area contributed by atoms with Gasteiger partial charge in [0.25, 0.3) is 0 Å². The van der Waals surface area contributed by atoms with Gasteiger partial charge >= 0.3 is 6.61 Å². The van der Waals surface area contributed by atoms with Crippen LogP contribution in [0, 0.1) is 0 Å². The van der Waals surface area contributed by atoms with Crippen LogP contribution in [-0.4, -0.2) is 40.5 Å². The summed E-state index contributed by atoms with van der Waals surface area (Å²) in [5.74, 6) is 0.112. The van der Waals surface area contributed by atoms with Crippen LogP contribution in [0.4, 0.5) is 14.7 Å². The molecule has 1 heterocycles. The molecule has 1 amide bonds. The quantitative estimate of drug-likeness (QED) is 0.842. The minimum Gasteiger partial charge on any atom is -0.435 e. The summed E-state index contributed by atoms with van der Waals surface area (Å²) in [6.07, 6.45) is 3.08. The van der Waals surface area contributed by atoms with Gasteiger partial charge in [0.2, 0.25) is 11.9 Å². The molecule has 2 rings (SSSR count). The van der Waals surface area contributed by atoms with Crippen molar-refractivity contribution in [2.24, 2.45) is 0 Å². The van der Waals surface area contributed by atoms with Crippen LogP contribution in [0.1, 0.15) is 12.5 Å². The largest absolute Gasteiger partial charge is 0.435 e. The molecular weight excluding hydrogens is 318 g/mol. The average molecular weight is 336 g/mol. The van der Waals surface area contributed by atoms with Crippen molar-refractivity contribution < 1.29 is 18.3 Å². The fourth-order valence-corrected chi connectivity index (χ4v) is 1.98. The van der Waals surface area contributed by atoms with E-state index in [2.05, 4.69) is 20.0 Å². The Morgan fingerprint density at radius 1 is 1.25 bits per heavy atom. The number of hydrogen-bond donors (Lipinski definition) is 1. The molecule has 1 N–H and O–H groups in total. The van der Waals surface area contributed by atoms with E-state index in [4.69, 9.17) is 0 Å². The number of anilines is 1. The van der Waals surface area contributed by atoms with Crippen LogP contribution >= 0.6 is 0 Å². The number of rotatable bonds is 7. The second kappa shape index (κ2) is 8.30. The van der Waals surface area contributed by atoms with Crippen molar-refractivity contribution in [3.05, 3.63) is 48.3 Å². The first-order chi connectivity index (χ1) is 11.5. The van der Waals surface area contributed by atoms with Crippen LogP contribution in [-0.2, 0) is 11.3 Å². The molecule has 1 aromatic carbocycles. The predicted molar refractivity (Wildman–Crippen MR) is 84.7 cm³/mol. The molecule has 24 heavy (non-hydrogen) atoms. The Bertz CT molecular complexity index is 653. The fraction of sp³-hybridized carbons (Fsp3) is 0.312. The Morgan fingerprint density at radius 2 is 1.88 bits per heavy atom. The topological polar surface area (TPSA) is 67.4 Å². The van der Waals surface area contributed by atoms with Crippen molar-refractivity contribution in [2.75, 3.05) is 12.4 Å². The number of carbonyl (C=O) groups excluding carboxylic acids is 1. The van der Waals surface area contributed by atoms with Crippen molar-refractivity contribution in [3.63, 3.8) is 0 Å². The van der Waals surface area contributed by atoms with Crippen molar-refractivity contribution in [1.29, 1.82) is 0 Å². The number of ether oxygens (including phenoxy) is 1. The highest BCUT2D eigenvalue weighted by molar-refractivity contribution is 5.92. The van der Waals surface area contributed by atoms with Crippen molar-refractivity contribution in [3.8, 4) is 5.75 Å². The van der Waals surface area contributed by atoms with E-state index in [0.717, 1.165) is 5.56 Å². The highest BCUT2D eigenvalue weighted by Crippen LogP contribution is 2.16. The lowest BCUT2D eigenvalue weighted by Gasteiger charge is -2.23. The molecule has 0 aliphatic carbocycles. The van der Waals surface area contributed by atoms with Gasteiger partial charge in [-0.3, -0.25) is 15.0 Å². The van der Waals surface area contributed by atoms with Crippen LogP contribution in [0.2, 0.25) is 0 Å². The molecule has 6 nitrogen and oxygen atoms in total. The van der Waals surface area contributed by atoms with Crippen LogP contribution in [0.5, 0.6) is 5.75 Å². The molecule has 0 saturated heterocycles. The van der Waals surface area contributed by atoms with Crippen molar-refractivity contribution in [2.45, 2.75) is 26.1 Å². The number of likely N-dealkylation sites (N-methyl/N-ethyl adjacent to an activating group) is 1. The van der Waals surface area contributed by atoms with Crippen LogP contribution in [0.15, 0.2) is 42.7 Å². The molecule has 0 bridgehead atoms. The standard InChI is InChI=1S/C16H18F2N4O2/c1-11(14(23)21-16-19-8-3-9-20-16)22(2)10-12-4-6-13(7-5-12)24-15(17)18/h3-9,11,15H,10H2,1-2H3,(H,19,20,21,23). The smallest absolute Gasteiger partial charge is 0.387 e. The third-order valence-corrected chi connectivity index (χ3v) is 3.42. The molecule has 128 valence electrons. The summed E-state index contributed by atoms with van der Waals surface area (Å²) in [4.78, 5) is 21.9. The van der Waals surface area contributed by atoms with Gasteiger partial charge < -0.3 is 4.74 Å². The summed E-state index contributed by atoms with van der Waals surface area (Å²) in [6, 6.07) is 7.53. The van der Waals surface area contributed by atoms with Gasteiger partial charge in [-0.25, -0.2) is 9.97 Å². The van der Waals surface area contributed by atoms with Crippen LogP contribution in [0.25, 0.3) is 0 Å². The molecule has 0 fully saturated rings. The third-order valence-electron chi connectivity index (χ3n) is 3.42. The Hall–Kier alpha value is -2.61. The van der Waals surface area contributed by atoms with E-state index in [1.807, 2.05) is 4.90 Å². The van der Waals surface area contributed by atoms with Gasteiger partial charge in [0, 0.05) is 18.9 Å². The normalized spacial score (nSPS) is 12.2. The van der Waals surface area contributed by atoms with Gasteiger partial charge in [0.05, 0.1) is 6.04 Å². The van der Waals surface area contributed by atoms with E-state index in [1.165, 1.54) is 12.1 Å². The molecule has 8 heteroatoms. The fourth-order valence-electron chi connectivity index (χ4n) is 1.98. The van der Waals surface area contributed by atoms with Gasteiger partial charge in [-0.1, -0.05) is 12.1 Å². The lowest BCUT2D eigenvalue weighted by Crippen LogP contribution is -2.39. The number of amides is 1. The Kier molecular flexibility index (Phi) is 6.14. The molecule has 0 aliphatic rings. The lowest BCUT2D eigenvalue weighted by molar-refractivity contribution is -0.120. The van der Waals surface area contributed by atoms with Crippen molar-refractivity contribution in [1.82, 2.24) is 14.9 Å². The van der Waals surface area contributed by atoms with Crippen LogP contribution < -0.4 is 10.1 Å². The van der Waals surface area contributed by atoms with Gasteiger partial charge in [-0.2, -0.15) is 8.78 Å². The zero-order valence-corrected chi connectivity index (χ0v) is 13.3. The molecule has 1 aromatic heterocycles. The summed E-state index contributed by atoms with van der Waals surface area (Å²) in [5.41, 5.74) is 0.870. The number of nitrogens with zero attached hydrogens (tertiary/aromatic N) is 3. The number of halogens is 2. The molecule has 0 aliphatic heterocycles. The molecular formula is C16H18F2N4O2. The van der Waals surface area contributed by atoms with Gasteiger partial charge in [-0.05, 0) is 37.7 Å². The van der Waals surface area contributed by atoms with E-state index >= 15 is 0 Å². The number of carbonyl (C=O) groups is 1. The number of hydrogen-bond acceptors (Lipinski definition) is 5. The molecule has 2 aromatic rings. The van der Waals surface area contributed by atoms with Gasteiger partial charge in [0.15, 0.2) is 0 Å². The first-order valence-electron chi connectivity index (χ1n) is 7.27. The van der Waals surface area contributed by atoms with Gasteiger partial charge in [-0.15, -0.1) is 0 Å². The maximum absolute atomic E-state index is 12.2. The van der Waals surface area contributed by atoms with E-state index in [1.54, 1.807) is 44.6 Å². The van der Waals surface area contributed by atoms with Crippen LogP contribution in [0.3, 0.4) is 0 Å². The summed E-state index contributed by atoms with van der Waals surface area (Å²) >= 11 is 0. The zero-order valence-electron chi connectivity index (χ0n) is 13.3. The minimum absolute atomic E-state index is 0.100. The molecule has 0 radical (unpaired) electrons. The van der Waals surface area contributed by atoms with E-state index in [9.17, 15) is 13.6 Å². The van der Waals surface area contributed by atoms with E-state index in [-0.39, 0.29) is 17.6 Å². The SMILES string of the molecule is CC(C(=O)Nc1ncccn1)N(C)Cc1ccc(OC(F)F)cc1. The first kappa shape index (κ1) is 17.7. The summed E-state index contributed by atoms with van der Waals surface area (Å²) in [6.45, 7) is -0.617. The average Bonchev–Trinajstić information content (AvgIpc) is 2.56. The van der Waals surface area contributed by atoms with E-state index < -0.39 is 12.7 Å². The Balaban J connectivity index is 1.90. The number of nitrogens with one attached hydrogen (secondary N) is 1. The molecule has 1 unspecified atom stereocenters. The second-order valence-electron chi connectivity index (χ2n) is 5.18. The maximum atomic E-state index is 12.2. The molecule has 0 saturated carbocycles. The molecule has 0 spiro atoms.